The molecular formula is C16H21NS. The van der Waals surface area contributed by atoms with Gasteiger partial charge in [-0.25, -0.2) is 0 Å². The first-order valence-corrected chi connectivity index (χ1v) is 7.51. The maximum absolute atomic E-state index is 6.08. The summed E-state index contributed by atoms with van der Waals surface area (Å²) in [5, 5.41) is 3.31. The van der Waals surface area contributed by atoms with E-state index in [1.165, 1.54) is 34.1 Å². The molecule has 0 saturated carbocycles. The van der Waals surface area contributed by atoms with Crippen molar-refractivity contribution in [3.05, 3.63) is 28.6 Å². The highest BCUT2D eigenvalue weighted by atomic mass is 32.1. The molecule has 96 valence electrons. The zero-order chi connectivity index (χ0) is 13.1. The highest BCUT2D eigenvalue weighted by Gasteiger charge is 2.37. The van der Waals surface area contributed by atoms with Gasteiger partial charge in [-0.2, -0.15) is 0 Å². The number of nitrogens with two attached hydrogens (primary N) is 1. The SMILES string of the molecule is CC1(C)CCC(C)(C)c2cc3c(N)csc3cc21. The van der Waals surface area contributed by atoms with Crippen LogP contribution >= 0.6 is 11.3 Å². The van der Waals surface area contributed by atoms with Gasteiger partial charge in [0.15, 0.2) is 0 Å². The zero-order valence-corrected chi connectivity index (χ0v) is 12.4. The van der Waals surface area contributed by atoms with E-state index in [9.17, 15) is 0 Å². The highest BCUT2D eigenvalue weighted by molar-refractivity contribution is 7.17. The molecule has 3 rings (SSSR count). The van der Waals surface area contributed by atoms with Gasteiger partial charge in [0.05, 0.1) is 5.69 Å². The van der Waals surface area contributed by atoms with E-state index >= 15 is 0 Å². The quantitative estimate of drug-likeness (QED) is 0.720. The molecule has 1 aliphatic carbocycles. The third kappa shape index (κ3) is 1.58. The molecule has 0 aliphatic heterocycles. The molecule has 2 aromatic rings. The lowest BCUT2D eigenvalue weighted by atomic mass is 9.63. The lowest BCUT2D eigenvalue weighted by molar-refractivity contribution is 0.332. The van der Waals surface area contributed by atoms with Gasteiger partial charge in [0, 0.05) is 15.5 Å². The summed E-state index contributed by atoms with van der Waals surface area (Å²) in [6.07, 6.45) is 2.52. The Morgan fingerprint density at radius 1 is 1.00 bits per heavy atom. The van der Waals surface area contributed by atoms with Crippen LogP contribution in [0.15, 0.2) is 17.5 Å². The first kappa shape index (κ1) is 12.0. The van der Waals surface area contributed by atoms with Crippen LogP contribution in [0.25, 0.3) is 10.1 Å². The Labute approximate surface area is 113 Å². The Morgan fingerprint density at radius 3 is 2.17 bits per heavy atom. The van der Waals surface area contributed by atoms with Crippen molar-refractivity contribution < 1.29 is 0 Å². The molecule has 2 N–H and O–H groups in total. The summed E-state index contributed by atoms with van der Waals surface area (Å²) in [5.74, 6) is 0. The van der Waals surface area contributed by atoms with Crippen molar-refractivity contribution in [2.75, 3.05) is 5.73 Å². The average Bonchev–Trinajstić information content (AvgIpc) is 2.66. The van der Waals surface area contributed by atoms with Crippen LogP contribution in [-0.4, -0.2) is 0 Å². The second kappa shape index (κ2) is 3.51. The van der Waals surface area contributed by atoms with E-state index in [1.807, 2.05) is 0 Å². The van der Waals surface area contributed by atoms with E-state index in [0.717, 1.165) is 5.69 Å². The topological polar surface area (TPSA) is 26.0 Å². The second-order valence-corrected chi connectivity index (χ2v) is 7.76. The van der Waals surface area contributed by atoms with Crippen LogP contribution in [0.5, 0.6) is 0 Å². The third-order valence-corrected chi connectivity index (χ3v) is 5.54. The summed E-state index contributed by atoms with van der Waals surface area (Å²) >= 11 is 1.76. The minimum absolute atomic E-state index is 0.271. The number of anilines is 1. The minimum atomic E-state index is 0.271. The molecule has 0 spiro atoms. The molecular weight excluding hydrogens is 238 g/mol. The van der Waals surface area contributed by atoms with Crippen molar-refractivity contribution >= 4 is 27.1 Å². The number of nitrogen functional groups attached to an aromatic ring is 1. The summed E-state index contributed by atoms with van der Waals surface area (Å²) in [5.41, 5.74) is 10.6. The Kier molecular flexibility index (Phi) is 2.34. The molecule has 0 radical (unpaired) electrons. The Bertz CT molecular complexity index is 619. The first-order valence-electron chi connectivity index (χ1n) is 6.63. The van der Waals surface area contributed by atoms with Crippen molar-refractivity contribution in [2.45, 2.75) is 51.4 Å². The molecule has 1 aliphatic rings. The van der Waals surface area contributed by atoms with Crippen molar-refractivity contribution in [3.8, 4) is 0 Å². The molecule has 0 fully saturated rings. The molecule has 0 atom stereocenters. The normalized spacial score (nSPS) is 20.9. The fourth-order valence-corrected chi connectivity index (χ4v) is 3.98. The summed E-state index contributed by atoms with van der Waals surface area (Å²) < 4.78 is 1.33. The summed E-state index contributed by atoms with van der Waals surface area (Å²) in [7, 11) is 0. The van der Waals surface area contributed by atoms with E-state index in [-0.39, 0.29) is 10.8 Å². The number of fused-ring (bicyclic) bond motifs is 2. The summed E-state index contributed by atoms with van der Waals surface area (Å²) in [6, 6.07) is 4.73. The lowest BCUT2D eigenvalue weighted by Crippen LogP contribution is -2.33. The van der Waals surface area contributed by atoms with Crippen LogP contribution in [0.3, 0.4) is 0 Å². The predicted molar refractivity (Wildman–Crippen MR) is 81.5 cm³/mol. The lowest BCUT2D eigenvalue weighted by Gasteiger charge is -2.41. The predicted octanol–water partition coefficient (Wildman–Crippen LogP) is 4.83. The smallest absolute Gasteiger partial charge is 0.0502 e. The van der Waals surface area contributed by atoms with Crippen LogP contribution in [-0.2, 0) is 10.8 Å². The van der Waals surface area contributed by atoms with Crippen LogP contribution in [0.1, 0.15) is 51.7 Å². The van der Waals surface area contributed by atoms with Gasteiger partial charge in [-0.1, -0.05) is 27.7 Å². The number of thiophene rings is 1. The zero-order valence-electron chi connectivity index (χ0n) is 11.6. The average molecular weight is 259 g/mol. The van der Waals surface area contributed by atoms with Crippen LogP contribution in [0.4, 0.5) is 5.69 Å². The van der Waals surface area contributed by atoms with Gasteiger partial charge in [-0.3, -0.25) is 0 Å². The van der Waals surface area contributed by atoms with E-state index in [1.54, 1.807) is 11.3 Å². The molecule has 2 heteroatoms. The van der Waals surface area contributed by atoms with Gasteiger partial charge in [0.1, 0.15) is 0 Å². The molecule has 18 heavy (non-hydrogen) atoms. The van der Waals surface area contributed by atoms with Gasteiger partial charge in [-0.15, -0.1) is 11.3 Å². The van der Waals surface area contributed by atoms with Crippen molar-refractivity contribution in [1.82, 2.24) is 0 Å². The molecule has 1 nitrogen and oxygen atoms in total. The van der Waals surface area contributed by atoms with E-state index < -0.39 is 0 Å². The van der Waals surface area contributed by atoms with Crippen LogP contribution < -0.4 is 5.73 Å². The Morgan fingerprint density at radius 2 is 1.56 bits per heavy atom. The fourth-order valence-electron chi connectivity index (χ4n) is 3.11. The molecule has 1 aromatic carbocycles. The van der Waals surface area contributed by atoms with Gasteiger partial charge < -0.3 is 5.73 Å². The van der Waals surface area contributed by atoms with E-state index in [2.05, 4.69) is 45.2 Å². The van der Waals surface area contributed by atoms with Crippen LogP contribution in [0.2, 0.25) is 0 Å². The molecule has 0 amide bonds. The monoisotopic (exact) mass is 259 g/mol. The maximum Gasteiger partial charge on any atom is 0.0502 e. The van der Waals surface area contributed by atoms with Gasteiger partial charge in [0.25, 0.3) is 0 Å². The number of hydrogen-bond donors (Lipinski definition) is 1. The molecule has 1 heterocycles. The minimum Gasteiger partial charge on any atom is -0.398 e. The van der Waals surface area contributed by atoms with E-state index in [0.29, 0.717) is 0 Å². The van der Waals surface area contributed by atoms with Gasteiger partial charge in [0.2, 0.25) is 0 Å². The second-order valence-electron chi connectivity index (χ2n) is 6.85. The van der Waals surface area contributed by atoms with E-state index in [4.69, 9.17) is 5.73 Å². The standard InChI is InChI=1S/C16H21NS/c1-15(2)5-6-16(3,4)12-8-14-10(7-11(12)15)13(17)9-18-14/h7-9H,5-6,17H2,1-4H3. The Hall–Kier alpha value is -1.02. The van der Waals surface area contributed by atoms with Gasteiger partial charge >= 0.3 is 0 Å². The van der Waals surface area contributed by atoms with Gasteiger partial charge in [-0.05, 0) is 46.9 Å². The number of hydrogen-bond acceptors (Lipinski definition) is 2. The molecule has 0 saturated heterocycles. The summed E-state index contributed by atoms with van der Waals surface area (Å²) in [6.45, 7) is 9.44. The van der Waals surface area contributed by atoms with Crippen molar-refractivity contribution in [2.24, 2.45) is 0 Å². The molecule has 0 unspecified atom stereocenters. The first-order chi connectivity index (χ1) is 8.31. The Balaban J connectivity index is 2.37. The highest BCUT2D eigenvalue weighted by Crippen LogP contribution is 2.48. The van der Waals surface area contributed by atoms with Crippen LogP contribution in [0, 0.1) is 0 Å². The fraction of sp³-hybridized carbons (Fsp3) is 0.500. The van der Waals surface area contributed by atoms with Crippen molar-refractivity contribution in [1.29, 1.82) is 0 Å². The largest absolute Gasteiger partial charge is 0.398 e. The number of rotatable bonds is 0. The summed E-state index contributed by atoms with van der Waals surface area (Å²) in [4.78, 5) is 0. The third-order valence-electron chi connectivity index (χ3n) is 4.58. The number of benzene rings is 1. The maximum atomic E-state index is 6.08. The molecule has 0 bridgehead atoms. The molecule has 1 aromatic heterocycles. The van der Waals surface area contributed by atoms with Crippen molar-refractivity contribution in [3.63, 3.8) is 0 Å².